The highest BCUT2D eigenvalue weighted by Crippen LogP contribution is 2.24. The van der Waals surface area contributed by atoms with Gasteiger partial charge in [-0.2, -0.15) is 5.10 Å². The molecule has 0 unspecified atom stereocenters. The third kappa shape index (κ3) is 0.975. The van der Waals surface area contributed by atoms with E-state index in [0.29, 0.717) is 10.9 Å². The highest BCUT2D eigenvalue weighted by atomic mass is 35.5. The maximum Gasteiger partial charge on any atom is 0.142 e. The summed E-state index contributed by atoms with van der Waals surface area (Å²) in [5.41, 5.74) is 0.712. The summed E-state index contributed by atoms with van der Waals surface area (Å²) in [7, 11) is 1.77. The Morgan fingerprint density at radius 1 is 1.50 bits per heavy atom. The number of hydrogen-bond donors (Lipinski definition) is 0. The van der Waals surface area contributed by atoms with Crippen molar-refractivity contribution in [1.82, 2.24) is 9.78 Å². The van der Waals surface area contributed by atoms with Gasteiger partial charge in [0.1, 0.15) is 5.82 Å². The molecule has 0 saturated carbocycles. The Labute approximate surface area is 73.6 Å². The molecule has 0 aliphatic carbocycles. The van der Waals surface area contributed by atoms with E-state index in [-0.39, 0.29) is 5.02 Å². The van der Waals surface area contributed by atoms with Gasteiger partial charge in [-0.25, -0.2) is 4.39 Å². The van der Waals surface area contributed by atoms with Crippen LogP contribution in [-0.4, -0.2) is 9.78 Å². The molecule has 1 aromatic heterocycles. The molecule has 0 saturated heterocycles. The van der Waals surface area contributed by atoms with Crippen molar-refractivity contribution >= 4 is 22.5 Å². The summed E-state index contributed by atoms with van der Waals surface area (Å²) in [6.45, 7) is 0. The molecule has 4 heteroatoms. The lowest BCUT2D eigenvalue weighted by Crippen LogP contribution is -1.84. The topological polar surface area (TPSA) is 17.8 Å². The zero-order valence-corrected chi connectivity index (χ0v) is 7.14. The predicted octanol–water partition coefficient (Wildman–Crippen LogP) is 2.37. The van der Waals surface area contributed by atoms with Crippen molar-refractivity contribution in [2.45, 2.75) is 0 Å². The minimum Gasteiger partial charge on any atom is -0.275 e. The first kappa shape index (κ1) is 7.55. The lowest BCUT2D eigenvalue weighted by Gasteiger charge is -1.92. The van der Waals surface area contributed by atoms with Crippen molar-refractivity contribution in [3.63, 3.8) is 0 Å². The van der Waals surface area contributed by atoms with Crippen LogP contribution in [0.3, 0.4) is 0 Å². The number of rotatable bonds is 0. The molecule has 2 rings (SSSR count). The van der Waals surface area contributed by atoms with Crippen LogP contribution in [0, 0.1) is 5.82 Å². The van der Waals surface area contributed by atoms with Crippen molar-refractivity contribution < 1.29 is 4.39 Å². The predicted molar refractivity (Wildman–Crippen MR) is 45.7 cm³/mol. The van der Waals surface area contributed by atoms with E-state index >= 15 is 0 Å². The van der Waals surface area contributed by atoms with Gasteiger partial charge >= 0.3 is 0 Å². The van der Waals surface area contributed by atoms with E-state index in [4.69, 9.17) is 11.6 Å². The molecule has 0 aliphatic heterocycles. The fraction of sp³-hybridized carbons (Fsp3) is 0.125. The maximum atomic E-state index is 12.9. The first-order chi connectivity index (χ1) is 5.68. The number of aryl methyl sites for hydroxylation is 1. The fourth-order valence-electron chi connectivity index (χ4n) is 1.15. The Hall–Kier alpha value is -1.09. The Morgan fingerprint density at radius 3 is 3.00 bits per heavy atom. The quantitative estimate of drug-likeness (QED) is 0.615. The monoisotopic (exact) mass is 184 g/mol. The molecule has 0 atom stereocenters. The van der Waals surface area contributed by atoms with Crippen LogP contribution in [0.15, 0.2) is 18.3 Å². The standard InChI is InChI=1S/C8H6ClFN2/c1-12-4-5-7(11-12)3-2-6(10)8(5)9/h2-4H,1H3. The van der Waals surface area contributed by atoms with Crippen molar-refractivity contribution in [1.29, 1.82) is 0 Å². The van der Waals surface area contributed by atoms with Gasteiger partial charge in [0.05, 0.1) is 10.5 Å². The number of benzene rings is 1. The number of fused-ring (bicyclic) bond motifs is 1. The Morgan fingerprint density at radius 2 is 2.25 bits per heavy atom. The van der Waals surface area contributed by atoms with Gasteiger partial charge in [-0.3, -0.25) is 4.68 Å². The second-order valence-electron chi connectivity index (χ2n) is 2.60. The summed E-state index contributed by atoms with van der Waals surface area (Å²) in [6, 6.07) is 2.92. The van der Waals surface area contributed by atoms with Gasteiger partial charge in [-0.05, 0) is 12.1 Å². The lowest BCUT2D eigenvalue weighted by molar-refractivity contribution is 0.630. The molecular formula is C8H6ClFN2. The molecule has 0 fully saturated rings. The van der Waals surface area contributed by atoms with Crippen LogP contribution in [0.2, 0.25) is 5.02 Å². The van der Waals surface area contributed by atoms with E-state index in [1.165, 1.54) is 6.07 Å². The first-order valence-electron chi connectivity index (χ1n) is 3.46. The zero-order valence-electron chi connectivity index (χ0n) is 6.38. The van der Waals surface area contributed by atoms with Gasteiger partial charge in [-0.15, -0.1) is 0 Å². The summed E-state index contributed by atoms with van der Waals surface area (Å²) < 4.78 is 14.5. The number of nitrogens with zero attached hydrogens (tertiary/aromatic N) is 2. The zero-order chi connectivity index (χ0) is 8.72. The van der Waals surface area contributed by atoms with E-state index < -0.39 is 5.82 Å². The maximum absolute atomic E-state index is 12.9. The van der Waals surface area contributed by atoms with Crippen LogP contribution in [0.5, 0.6) is 0 Å². The van der Waals surface area contributed by atoms with Crippen LogP contribution < -0.4 is 0 Å². The molecule has 0 N–H and O–H groups in total. The third-order valence-electron chi connectivity index (χ3n) is 1.69. The van der Waals surface area contributed by atoms with Crippen LogP contribution in [0.1, 0.15) is 0 Å². The molecule has 2 nitrogen and oxygen atoms in total. The molecule has 0 radical (unpaired) electrons. The van der Waals surface area contributed by atoms with Gasteiger partial charge in [0.2, 0.25) is 0 Å². The minimum absolute atomic E-state index is 0.139. The SMILES string of the molecule is Cn1cc2c(Cl)c(F)ccc2n1. The molecule has 62 valence electrons. The van der Waals surface area contributed by atoms with Gasteiger partial charge < -0.3 is 0 Å². The normalized spacial score (nSPS) is 10.9. The Bertz CT molecular complexity index is 436. The van der Waals surface area contributed by atoms with Crippen LogP contribution in [0.25, 0.3) is 10.9 Å². The largest absolute Gasteiger partial charge is 0.275 e. The summed E-state index contributed by atoms with van der Waals surface area (Å²) in [6.07, 6.45) is 1.70. The minimum atomic E-state index is -0.405. The number of aromatic nitrogens is 2. The van der Waals surface area contributed by atoms with Crippen molar-refractivity contribution in [2.75, 3.05) is 0 Å². The van der Waals surface area contributed by atoms with Crippen molar-refractivity contribution in [2.24, 2.45) is 7.05 Å². The van der Waals surface area contributed by atoms with E-state index in [0.717, 1.165) is 0 Å². The van der Waals surface area contributed by atoms with Crippen molar-refractivity contribution in [3.8, 4) is 0 Å². The Balaban J connectivity index is 2.89. The van der Waals surface area contributed by atoms with E-state index in [2.05, 4.69) is 5.10 Å². The van der Waals surface area contributed by atoms with Gasteiger partial charge in [0.15, 0.2) is 0 Å². The fourth-order valence-corrected chi connectivity index (χ4v) is 1.36. The second-order valence-corrected chi connectivity index (χ2v) is 2.97. The van der Waals surface area contributed by atoms with Gasteiger partial charge in [0, 0.05) is 18.6 Å². The highest BCUT2D eigenvalue weighted by Gasteiger charge is 2.06. The van der Waals surface area contributed by atoms with Gasteiger partial charge in [0.25, 0.3) is 0 Å². The molecule has 12 heavy (non-hydrogen) atoms. The van der Waals surface area contributed by atoms with Crippen molar-refractivity contribution in [3.05, 3.63) is 29.2 Å². The summed E-state index contributed by atoms with van der Waals surface area (Å²) >= 11 is 5.71. The number of hydrogen-bond acceptors (Lipinski definition) is 1. The lowest BCUT2D eigenvalue weighted by atomic mass is 10.2. The first-order valence-corrected chi connectivity index (χ1v) is 3.83. The molecule has 2 aromatic rings. The smallest absolute Gasteiger partial charge is 0.142 e. The third-order valence-corrected chi connectivity index (χ3v) is 2.08. The average molecular weight is 185 g/mol. The van der Waals surface area contributed by atoms with E-state index in [9.17, 15) is 4.39 Å². The van der Waals surface area contributed by atoms with Crippen LogP contribution >= 0.6 is 11.6 Å². The molecule has 1 heterocycles. The summed E-state index contributed by atoms with van der Waals surface area (Å²) in [4.78, 5) is 0. The van der Waals surface area contributed by atoms with E-state index in [1.54, 1.807) is 24.0 Å². The van der Waals surface area contributed by atoms with E-state index in [1.807, 2.05) is 0 Å². The van der Waals surface area contributed by atoms with Crippen LogP contribution in [-0.2, 0) is 7.05 Å². The summed E-state index contributed by atoms with van der Waals surface area (Å²) in [5.74, 6) is -0.405. The Kier molecular flexibility index (Phi) is 1.54. The highest BCUT2D eigenvalue weighted by molar-refractivity contribution is 6.35. The molecule has 1 aromatic carbocycles. The molecule has 0 aliphatic rings. The summed E-state index contributed by atoms with van der Waals surface area (Å²) in [5, 5.41) is 4.87. The molecule has 0 bridgehead atoms. The van der Waals surface area contributed by atoms with Gasteiger partial charge in [-0.1, -0.05) is 11.6 Å². The molecular weight excluding hydrogens is 179 g/mol. The second kappa shape index (κ2) is 2.45. The molecule has 0 amide bonds. The molecule has 0 spiro atoms. The number of halogens is 2. The average Bonchev–Trinajstić information content (AvgIpc) is 2.39. The van der Waals surface area contributed by atoms with Crippen LogP contribution in [0.4, 0.5) is 4.39 Å².